The van der Waals surface area contributed by atoms with Crippen molar-refractivity contribution in [2.24, 2.45) is 5.92 Å². The van der Waals surface area contributed by atoms with Crippen molar-refractivity contribution in [2.45, 2.75) is 6.42 Å². The van der Waals surface area contributed by atoms with Gasteiger partial charge in [-0.1, -0.05) is 0 Å². The number of aliphatic carboxylic acids is 1. The van der Waals surface area contributed by atoms with E-state index in [1.54, 1.807) is 24.3 Å². The molecule has 0 aromatic heterocycles. The van der Waals surface area contributed by atoms with Gasteiger partial charge < -0.3 is 14.6 Å². The highest BCUT2D eigenvalue weighted by molar-refractivity contribution is 5.73. The van der Waals surface area contributed by atoms with E-state index >= 15 is 0 Å². The van der Waals surface area contributed by atoms with Crippen LogP contribution in [0.3, 0.4) is 0 Å². The van der Waals surface area contributed by atoms with E-state index in [1.165, 1.54) is 14.2 Å². The van der Waals surface area contributed by atoms with Crippen LogP contribution in [0, 0.1) is 17.2 Å². The van der Waals surface area contributed by atoms with Gasteiger partial charge in [-0.2, -0.15) is 5.26 Å². The third kappa shape index (κ3) is 3.11. The van der Waals surface area contributed by atoms with Crippen LogP contribution in [0.25, 0.3) is 0 Å². The monoisotopic (exact) mass is 235 g/mol. The topological polar surface area (TPSA) is 79.5 Å². The number of rotatable bonds is 5. The number of nitrogens with zero attached hydrogens (tertiary/aromatic N) is 1. The first-order valence-electron chi connectivity index (χ1n) is 4.95. The van der Waals surface area contributed by atoms with Gasteiger partial charge in [0.1, 0.15) is 17.4 Å². The van der Waals surface area contributed by atoms with Crippen LogP contribution in [0.15, 0.2) is 18.2 Å². The summed E-state index contributed by atoms with van der Waals surface area (Å²) in [5.74, 6) is -1.08. The Balaban J connectivity index is 3.02. The van der Waals surface area contributed by atoms with Crippen molar-refractivity contribution >= 4 is 5.97 Å². The molecule has 0 fully saturated rings. The molecule has 0 aliphatic carbocycles. The Bertz CT molecular complexity index is 450. The van der Waals surface area contributed by atoms with Gasteiger partial charge in [0.2, 0.25) is 0 Å². The van der Waals surface area contributed by atoms with Gasteiger partial charge in [-0.05, 0) is 23.8 Å². The number of methoxy groups -OCH3 is 2. The van der Waals surface area contributed by atoms with Crippen molar-refractivity contribution in [1.82, 2.24) is 0 Å². The zero-order chi connectivity index (χ0) is 12.8. The van der Waals surface area contributed by atoms with E-state index in [-0.39, 0.29) is 6.42 Å². The van der Waals surface area contributed by atoms with Crippen molar-refractivity contribution in [3.63, 3.8) is 0 Å². The lowest BCUT2D eigenvalue weighted by atomic mass is 10.00. The number of carboxylic acids is 1. The molecular formula is C12H13NO4. The summed E-state index contributed by atoms with van der Waals surface area (Å²) in [6.07, 6.45) is 0.0895. The second-order valence-electron chi connectivity index (χ2n) is 3.40. The van der Waals surface area contributed by atoms with Gasteiger partial charge in [-0.15, -0.1) is 0 Å². The lowest BCUT2D eigenvalue weighted by Crippen LogP contribution is -2.14. The van der Waals surface area contributed by atoms with Gasteiger partial charge in [0.05, 0.1) is 20.3 Å². The third-order valence-corrected chi connectivity index (χ3v) is 2.37. The fraction of sp³-hybridized carbons (Fsp3) is 0.333. The number of benzene rings is 1. The molecule has 5 heteroatoms. The van der Waals surface area contributed by atoms with Crippen LogP contribution < -0.4 is 9.47 Å². The quantitative estimate of drug-likeness (QED) is 0.835. The van der Waals surface area contributed by atoms with E-state index in [0.29, 0.717) is 17.1 Å². The maximum atomic E-state index is 10.8. The maximum Gasteiger partial charge on any atom is 0.321 e. The van der Waals surface area contributed by atoms with Crippen molar-refractivity contribution < 1.29 is 19.4 Å². The van der Waals surface area contributed by atoms with Crippen molar-refractivity contribution in [2.75, 3.05) is 14.2 Å². The molecule has 0 heterocycles. The summed E-state index contributed by atoms with van der Waals surface area (Å²) in [7, 11) is 3.01. The zero-order valence-corrected chi connectivity index (χ0v) is 9.64. The molecule has 0 amide bonds. The first-order chi connectivity index (χ1) is 8.12. The van der Waals surface area contributed by atoms with Crippen molar-refractivity contribution in [3.05, 3.63) is 23.8 Å². The Morgan fingerprint density at radius 2 is 2.18 bits per heavy atom. The van der Waals surface area contributed by atoms with Gasteiger partial charge in [-0.3, -0.25) is 4.79 Å². The summed E-state index contributed by atoms with van der Waals surface area (Å²) in [5.41, 5.74) is 0.640. The van der Waals surface area contributed by atoms with Crippen LogP contribution in [-0.2, 0) is 11.2 Å². The van der Waals surface area contributed by atoms with E-state index in [2.05, 4.69) is 0 Å². The molecule has 5 nitrogen and oxygen atoms in total. The number of nitriles is 1. The van der Waals surface area contributed by atoms with E-state index in [4.69, 9.17) is 19.8 Å². The zero-order valence-electron chi connectivity index (χ0n) is 9.64. The lowest BCUT2D eigenvalue weighted by Gasteiger charge is -2.11. The molecule has 90 valence electrons. The Labute approximate surface area is 99.2 Å². The molecule has 0 bridgehead atoms. The average molecular weight is 235 g/mol. The van der Waals surface area contributed by atoms with Gasteiger partial charge in [0.25, 0.3) is 0 Å². The molecule has 1 N–H and O–H groups in total. The molecule has 17 heavy (non-hydrogen) atoms. The Kier molecular flexibility index (Phi) is 4.35. The highest BCUT2D eigenvalue weighted by Crippen LogP contribution is 2.26. The molecule has 0 radical (unpaired) electrons. The molecule has 1 atom stereocenters. The SMILES string of the molecule is COc1ccc(OC)c(C[C@@H](C#N)C(=O)O)c1. The summed E-state index contributed by atoms with van der Waals surface area (Å²) in [6, 6.07) is 6.81. The van der Waals surface area contributed by atoms with Crippen LogP contribution >= 0.6 is 0 Å². The van der Waals surface area contributed by atoms with E-state index in [0.717, 1.165) is 0 Å². The minimum atomic E-state index is -1.14. The van der Waals surface area contributed by atoms with Crippen LogP contribution in [0.2, 0.25) is 0 Å². The average Bonchev–Trinajstić information content (AvgIpc) is 2.35. The molecular weight excluding hydrogens is 222 g/mol. The van der Waals surface area contributed by atoms with Crippen LogP contribution in [0.5, 0.6) is 11.5 Å². The number of hydrogen-bond acceptors (Lipinski definition) is 4. The molecule has 1 aromatic rings. The Morgan fingerprint density at radius 1 is 1.47 bits per heavy atom. The second kappa shape index (κ2) is 5.75. The Hall–Kier alpha value is -2.22. The van der Waals surface area contributed by atoms with Gasteiger partial charge in [-0.25, -0.2) is 0 Å². The summed E-state index contributed by atoms with van der Waals surface area (Å²) in [5, 5.41) is 17.6. The number of carboxylic acid groups (broad SMARTS) is 1. The summed E-state index contributed by atoms with van der Waals surface area (Å²) < 4.78 is 10.2. The molecule has 0 spiro atoms. The van der Waals surface area contributed by atoms with Gasteiger partial charge in [0.15, 0.2) is 0 Å². The molecule has 0 saturated carbocycles. The molecule has 1 rings (SSSR count). The summed E-state index contributed by atoms with van der Waals surface area (Å²) in [6.45, 7) is 0. The largest absolute Gasteiger partial charge is 0.497 e. The molecule has 0 aliphatic rings. The number of hydrogen-bond donors (Lipinski definition) is 1. The van der Waals surface area contributed by atoms with Crippen LogP contribution in [-0.4, -0.2) is 25.3 Å². The van der Waals surface area contributed by atoms with Crippen molar-refractivity contribution in [1.29, 1.82) is 5.26 Å². The van der Waals surface area contributed by atoms with Crippen molar-refractivity contribution in [3.8, 4) is 17.6 Å². The predicted octanol–water partition coefficient (Wildman–Crippen LogP) is 1.47. The van der Waals surface area contributed by atoms with E-state index in [9.17, 15) is 4.79 Å². The molecule has 1 aromatic carbocycles. The summed E-state index contributed by atoms with van der Waals surface area (Å²) >= 11 is 0. The first-order valence-corrected chi connectivity index (χ1v) is 4.95. The fourth-order valence-corrected chi connectivity index (χ4v) is 1.45. The van der Waals surface area contributed by atoms with Gasteiger partial charge in [0, 0.05) is 6.42 Å². The predicted molar refractivity (Wildman–Crippen MR) is 60.0 cm³/mol. The molecule has 0 unspecified atom stereocenters. The first kappa shape index (κ1) is 12.8. The highest BCUT2D eigenvalue weighted by Gasteiger charge is 2.19. The summed E-state index contributed by atoms with van der Waals surface area (Å²) in [4.78, 5) is 10.8. The lowest BCUT2D eigenvalue weighted by molar-refractivity contribution is -0.139. The molecule has 0 saturated heterocycles. The highest BCUT2D eigenvalue weighted by atomic mass is 16.5. The normalized spacial score (nSPS) is 11.4. The Morgan fingerprint density at radius 3 is 2.65 bits per heavy atom. The van der Waals surface area contributed by atoms with E-state index in [1.807, 2.05) is 0 Å². The minimum Gasteiger partial charge on any atom is -0.497 e. The van der Waals surface area contributed by atoms with E-state index < -0.39 is 11.9 Å². The number of ether oxygens (including phenoxy) is 2. The maximum absolute atomic E-state index is 10.8. The third-order valence-electron chi connectivity index (χ3n) is 2.37. The fourth-order valence-electron chi connectivity index (χ4n) is 1.45. The van der Waals surface area contributed by atoms with Crippen LogP contribution in [0.1, 0.15) is 5.56 Å². The van der Waals surface area contributed by atoms with Crippen LogP contribution in [0.4, 0.5) is 0 Å². The smallest absolute Gasteiger partial charge is 0.321 e. The minimum absolute atomic E-state index is 0.0895. The number of carbonyl (C=O) groups is 1. The second-order valence-corrected chi connectivity index (χ2v) is 3.40. The molecule has 0 aliphatic heterocycles. The standard InChI is InChI=1S/C12H13NO4/c1-16-10-3-4-11(17-2)8(6-10)5-9(7-13)12(14)15/h3-4,6,9H,5H2,1-2H3,(H,14,15)/t9-/m0/s1. The van der Waals surface area contributed by atoms with Gasteiger partial charge >= 0.3 is 5.97 Å².